The molecular formula is C21H19FN4O3. The van der Waals surface area contributed by atoms with Crippen molar-refractivity contribution in [2.24, 2.45) is 4.99 Å². The zero-order valence-electron chi connectivity index (χ0n) is 15.8. The first-order valence-corrected chi connectivity index (χ1v) is 9.02. The SMILES string of the molecule is C=c1c(=O)[nH]c2n1Cc1cc(OCC(=O)N(C)Cc3ccccc3)cc(F)c1N=2. The van der Waals surface area contributed by atoms with Crippen LogP contribution >= 0.6 is 0 Å². The summed E-state index contributed by atoms with van der Waals surface area (Å²) < 4.78 is 21.6. The maximum atomic E-state index is 14.5. The lowest BCUT2D eigenvalue weighted by atomic mass is 10.1. The molecule has 4 rings (SSSR count). The van der Waals surface area contributed by atoms with Crippen LogP contribution in [0.4, 0.5) is 10.1 Å². The summed E-state index contributed by atoms with van der Waals surface area (Å²) in [5.74, 6) is -0.582. The summed E-state index contributed by atoms with van der Waals surface area (Å²) in [4.78, 5) is 32.3. The minimum Gasteiger partial charge on any atom is -0.484 e. The number of benzene rings is 2. The topological polar surface area (TPSA) is 79.7 Å². The van der Waals surface area contributed by atoms with Gasteiger partial charge in [-0.2, -0.15) is 0 Å². The number of hydrogen-bond acceptors (Lipinski definition) is 4. The van der Waals surface area contributed by atoms with Gasteiger partial charge in [0.1, 0.15) is 16.8 Å². The highest BCUT2D eigenvalue weighted by Gasteiger charge is 2.19. The van der Waals surface area contributed by atoms with Crippen molar-refractivity contribution in [2.75, 3.05) is 13.7 Å². The zero-order valence-corrected chi connectivity index (χ0v) is 15.8. The van der Waals surface area contributed by atoms with E-state index in [1.807, 2.05) is 30.3 Å². The number of halogens is 1. The predicted octanol–water partition coefficient (Wildman–Crippen LogP) is 1.08. The number of aromatic nitrogens is 2. The normalized spacial score (nSPS) is 11.9. The molecule has 1 aliphatic rings. The molecule has 1 N–H and O–H groups in total. The van der Waals surface area contributed by atoms with Crippen LogP contribution in [0.25, 0.3) is 6.58 Å². The minimum absolute atomic E-state index is 0.145. The van der Waals surface area contributed by atoms with Crippen molar-refractivity contribution in [1.82, 2.24) is 14.5 Å². The lowest BCUT2D eigenvalue weighted by Crippen LogP contribution is -2.33. The van der Waals surface area contributed by atoms with Crippen molar-refractivity contribution in [3.05, 3.63) is 80.7 Å². The number of H-pyrrole nitrogens is 1. The fraction of sp³-hybridized carbons (Fsp3) is 0.190. The lowest BCUT2D eigenvalue weighted by molar-refractivity contribution is -0.132. The van der Waals surface area contributed by atoms with Crippen molar-refractivity contribution in [1.29, 1.82) is 0 Å². The van der Waals surface area contributed by atoms with E-state index in [0.29, 0.717) is 12.1 Å². The van der Waals surface area contributed by atoms with Gasteiger partial charge in [-0.05, 0) is 11.6 Å². The highest BCUT2D eigenvalue weighted by molar-refractivity contribution is 5.77. The van der Waals surface area contributed by atoms with E-state index in [4.69, 9.17) is 4.74 Å². The molecule has 0 fully saturated rings. The second kappa shape index (κ2) is 7.38. The third-order valence-corrected chi connectivity index (χ3v) is 4.78. The molecule has 29 heavy (non-hydrogen) atoms. The van der Waals surface area contributed by atoms with E-state index in [1.165, 1.54) is 6.07 Å². The van der Waals surface area contributed by atoms with Crippen LogP contribution in [0.3, 0.4) is 0 Å². The molecule has 0 atom stereocenters. The Labute approximate surface area is 165 Å². The van der Waals surface area contributed by atoms with Crippen molar-refractivity contribution < 1.29 is 13.9 Å². The molecule has 1 aliphatic heterocycles. The first-order chi connectivity index (χ1) is 13.9. The number of amides is 1. The third kappa shape index (κ3) is 3.69. The summed E-state index contributed by atoms with van der Waals surface area (Å²) in [6.07, 6.45) is 0. The van der Waals surface area contributed by atoms with Crippen LogP contribution < -0.4 is 21.3 Å². The van der Waals surface area contributed by atoms with Crippen molar-refractivity contribution in [2.45, 2.75) is 13.1 Å². The maximum Gasteiger partial charge on any atom is 0.274 e. The summed E-state index contributed by atoms with van der Waals surface area (Å²) in [5, 5.41) is 0.249. The largest absolute Gasteiger partial charge is 0.484 e. The third-order valence-electron chi connectivity index (χ3n) is 4.78. The summed E-state index contributed by atoms with van der Waals surface area (Å²) in [6.45, 7) is 4.19. The average Bonchev–Trinajstić information content (AvgIpc) is 2.99. The number of nitrogens with one attached hydrogen (secondary N) is 1. The highest BCUT2D eigenvalue weighted by atomic mass is 19.1. The van der Waals surface area contributed by atoms with Crippen molar-refractivity contribution >= 4 is 18.2 Å². The van der Waals surface area contributed by atoms with Gasteiger partial charge in [-0.25, -0.2) is 9.38 Å². The monoisotopic (exact) mass is 394 g/mol. The second-order valence-electron chi connectivity index (χ2n) is 6.86. The van der Waals surface area contributed by atoms with Gasteiger partial charge in [0.2, 0.25) is 5.62 Å². The number of aromatic amines is 1. The van der Waals surface area contributed by atoms with Crippen LogP contribution in [0.15, 0.2) is 52.3 Å². The molecule has 0 unspecified atom stereocenters. The Balaban J connectivity index is 1.48. The molecule has 0 aliphatic carbocycles. The van der Waals surface area contributed by atoms with E-state index in [-0.39, 0.29) is 47.0 Å². The minimum atomic E-state index is -0.582. The molecule has 148 valence electrons. The number of ether oxygens (including phenoxy) is 1. The van der Waals surface area contributed by atoms with Crippen molar-refractivity contribution in [3.63, 3.8) is 0 Å². The molecule has 0 saturated heterocycles. The molecule has 0 spiro atoms. The average molecular weight is 394 g/mol. The van der Waals surface area contributed by atoms with Crippen LogP contribution in [0, 0.1) is 5.82 Å². The maximum absolute atomic E-state index is 14.5. The fourth-order valence-corrected chi connectivity index (χ4v) is 3.18. The van der Waals surface area contributed by atoms with Gasteiger partial charge in [-0.3, -0.25) is 14.6 Å². The van der Waals surface area contributed by atoms with Gasteiger partial charge in [-0.1, -0.05) is 36.9 Å². The number of nitrogens with zero attached hydrogens (tertiary/aromatic N) is 3. The van der Waals surface area contributed by atoms with E-state index < -0.39 is 5.82 Å². The standard InChI is InChI=1S/C21H19FN4O3/c1-13-20(28)24-21-23-19-15(11-26(13)21)8-16(9-17(19)22)29-12-18(27)25(2)10-14-6-4-3-5-7-14/h3-9H,1,10-12H2,2H3,(H,23,24,28). The van der Waals surface area contributed by atoms with Gasteiger partial charge >= 0.3 is 0 Å². The highest BCUT2D eigenvalue weighted by Crippen LogP contribution is 2.30. The number of hydrogen-bond donors (Lipinski definition) is 1. The van der Waals surface area contributed by atoms with Crippen LogP contribution in [0.5, 0.6) is 5.75 Å². The molecule has 3 aromatic rings. The zero-order chi connectivity index (χ0) is 20.5. The Kier molecular flexibility index (Phi) is 4.75. The second-order valence-corrected chi connectivity index (χ2v) is 6.86. The molecule has 0 saturated carbocycles. The molecule has 1 aromatic heterocycles. The molecule has 8 heteroatoms. The van der Waals surface area contributed by atoms with Gasteiger partial charge in [-0.15, -0.1) is 0 Å². The quantitative estimate of drug-likeness (QED) is 0.550. The summed E-state index contributed by atoms with van der Waals surface area (Å²) in [6, 6.07) is 12.4. The van der Waals surface area contributed by atoms with Crippen LogP contribution in [-0.2, 0) is 17.9 Å². The summed E-state index contributed by atoms with van der Waals surface area (Å²) in [5.41, 5.74) is 1.60. The first kappa shape index (κ1) is 18.7. The number of rotatable bonds is 5. The van der Waals surface area contributed by atoms with Crippen LogP contribution in [0.2, 0.25) is 0 Å². The van der Waals surface area contributed by atoms with Crippen molar-refractivity contribution in [3.8, 4) is 5.75 Å². The lowest BCUT2D eigenvalue weighted by Gasteiger charge is -2.18. The van der Waals surface area contributed by atoms with E-state index in [0.717, 1.165) is 5.56 Å². The molecule has 7 nitrogen and oxygen atoms in total. The van der Waals surface area contributed by atoms with Gasteiger partial charge in [0, 0.05) is 25.2 Å². The molecule has 1 amide bonds. The van der Waals surface area contributed by atoms with Crippen LogP contribution in [0.1, 0.15) is 11.1 Å². The van der Waals surface area contributed by atoms with Gasteiger partial charge < -0.3 is 14.2 Å². The van der Waals surface area contributed by atoms with Crippen LogP contribution in [-0.4, -0.2) is 34.0 Å². The number of carbonyl (C=O) groups excluding carboxylic acids is 1. The van der Waals surface area contributed by atoms with Gasteiger partial charge in [0.25, 0.3) is 11.5 Å². The van der Waals surface area contributed by atoms with E-state index in [2.05, 4.69) is 16.6 Å². The van der Waals surface area contributed by atoms with Gasteiger partial charge in [0.15, 0.2) is 12.4 Å². The van der Waals surface area contributed by atoms with E-state index in [1.54, 1.807) is 22.6 Å². The van der Waals surface area contributed by atoms with E-state index >= 15 is 0 Å². The number of carbonyl (C=O) groups is 1. The molecule has 2 aromatic carbocycles. The number of likely N-dealkylation sites (N-methyl/N-ethyl adjacent to an activating group) is 1. The molecular weight excluding hydrogens is 375 g/mol. The Morgan fingerprint density at radius 2 is 2.10 bits per heavy atom. The summed E-state index contributed by atoms with van der Waals surface area (Å²) >= 11 is 0. The smallest absolute Gasteiger partial charge is 0.274 e. The Morgan fingerprint density at radius 3 is 2.86 bits per heavy atom. The number of fused-ring (bicyclic) bond motifs is 2. The summed E-state index contributed by atoms with van der Waals surface area (Å²) in [7, 11) is 1.69. The van der Waals surface area contributed by atoms with E-state index in [9.17, 15) is 14.0 Å². The Hall–Kier alpha value is -3.68. The Morgan fingerprint density at radius 1 is 1.34 bits per heavy atom. The fourth-order valence-electron chi connectivity index (χ4n) is 3.18. The molecule has 0 radical (unpaired) electrons. The predicted molar refractivity (Wildman–Crippen MR) is 105 cm³/mol. The molecule has 0 bridgehead atoms. The number of imidazole rings is 1. The first-order valence-electron chi connectivity index (χ1n) is 9.02. The Bertz CT molecular complexity index is 1250. The molecule has 2 heterocycles. The van der Waals surface area contributed by atoms with Gasteiger partial charge in [0.05, 0.1) is 6.54 Å².